The fourth-order valence-electron chi connectivity index (χ4n) is 3.84. The molecule has 3 rings (SSSR count). The van der Waals surface area contributed by atoms with Crippen molar-refractivity contribution in [3.63, 3.8) is 0 Å². The van der Waals surface area contributed by atoms with Crippen LogP contribution in [0, 0.1) is 11.8 Å². The Bertz CT molecular complexity index is 456. The molecule has 0 aliphatic heterocycles. The summed E-state index contributed by atoms with van der Waals surface area (Å²) < 4.78 is 12.1. The molecule has 1 aromatic carbocycles. The first-order valence-electron chi connectivity index (χ1n) is 6.11. The van der Waals surface area contributed by atoms with Gasteiger partial charge >= 0.3 is 0 Å². The molecule has 17 heavy (non-hydrogen) atoms. The van der Waals surface area contributed by atoms with Gasteiger partial charge in [0.15, 0.2) is 0 Å². The van der Waals surface area contributed by atoms with Gasteiger partial charge in [0.1, 0.15) is 0 Å². The molecule has 0 heterocycles. The lowest BCUT2D eigenvalue weighted by atomic mass is 9.83. The highest BCUT2D eigenvalue weighted by molar-refractivity contribution is 8.09. The zero-order valence-corrected chi connectivity index (χ0v) is 11.8. The van der Waals surface area contributed by atoms with E-state index < -0.39 is 5.85 Å². The molecule has 92 valence electrons. The van der Waals surface area contributed by atoms with Crippen LogP contribution >= 0.6 is 28.3 Å². The van der Waals surface area contributed by atoms with Crippen LogP contribution in [0.1, 0.15) is 30.7 Å². The second-order valence-corrected chi connectivity index (χ2v) is 10.4. The topological polar surface area (TPSA) is 17.1 Å². The van der Waals surface area contributed by atoms with Crippen LogP contribution in [0.25, 0.3) is 0 Å². The smallest absolute Gasteiger partial charge is 0.256 e. The maximum atomic E-state index is 12.1. The third-order valence-electron chi connectivity index (χ3n) is 4.40. The highest BCUT2D eigenvalue weighted by atomic mass is 35.9. The van der Waals surface area contributed by atoms with E-state index in [-0.39, 0.29) is 5.66 Å². The van der Waals surface area contributed by atoms with Gasteiger partial charge in [0.25, 0.3) is 5.85 Å². The van der Waals surface area contributed by atoms with E-state index >= 15 is 0 Å². The van der Waals surface area contributed by atoms with Crippen LogP contribution < -0.4 is 0 Å². The summed E-state index contributed by atoms with van der Waals surface area (Å²) in [5.41, 5.74) is 1.23. The first-order chi connectivity index (χ1) is 8.07. The largest absolute Gasteiger partial charge is 0.289 e. The first-order valence-corrected chi connectivity index (χ1v) is 9.70. The molecule has 0 amide bonds. The van der Waals surface area contributed by atoms with Crippen molar-refractivity contribution in [2.24, 2.45) is 11.8 Å². The molecule has 0 radical (unpaired) electrons. The first kappa shape index (κ1) is 12.1. The molecule has 0 aromatic heterocycles. The van der Waals surface area contributed by atoms with Crippen LogP contribution in [0.4, 0.5) is 0 Å². The highest BCUT2D eigenvalue weighted by Crippen LogP contribution is 2.73. The Morgan fingerprint density at radius 2 is 1.71 bits per heavy atom. The third-order valence-corrected chi connectivity index (χ3v) is 7.19. The molecule has 2 bridgehead atoms. The van der Waals surface area contributed by atoms with E-state index in [1.54, 1.807) is 0 Å². The molecule has 2 aliphatic rings. The fraction of sp³-hybridized carbons (Fsp3) is 0.538. The average molecular weight is 289 g/mol. The van der Waals surface area contributed by atoms with E-state index in [9.17, 15) is 4.57 Å². The van der Waals surface area contributed by atoms with E-state index in [0.717, 1.165) is 12.8 Å². The molecule has 0 saturated heterocycles. The lowest BCUT2D eigenvalue weighted by Crippen LogP contribution is -2.23. The van der Waals surface area contributed by atoms with Crippen LogP contribution in [-0.2, 0) is 4.57 Å². The van der Waals surface area contributed by atoms with Gasteiger partial charge in [-0.15, -0.1) is 0 Å². The van der Waals surface area contributed by atoms with Gasteiger partial charge in [-0.05, 0) is 65.1 Å². The standard InChI is InChI=1S/C13H15Cl2OP/c14-17(15,16)13-11-7-6-10(8-11)12(13)9-4-2-1-3-5-9/h1-5,10-13H,6-8H2/t10-,11+,12-,13-/m1/s1. The van der Waals surface area contributed by atoms with Gasteiger partial charge in [-0.1, -0.05) is 30.3 Å². The summed E-state index contributed by atoms with van der Waals surface area (Å²) in [6, 6.07) is 10.3. The predicted molar refractivity (Wildman–Crippen MR) is 73.1 cm³/mol. The minimum Gasteiger partial charge on any atom is -0.289 e. The molecular weight excluding hydrogens is 274 g/mol. The van der Waals surface area contributed by atoms with Gasteiger partial charge in [-0.3, -0.25) is 4.57 Å². The van der Waals surface area contributed by atoms with E-state index in [2.05, 4.69) is 12.1 Å². The zero-order valence-electron chi connectivity index (χ0n) is 9.43. The third kappa shape index (κ3) is 2.07. The number of fused-ring (bicyclic) bond motifs is 2. The summed E-state index contributed by atoms with van der Waals surface area (Å²) in [6.45, 7) is 0. The van der Waals surface area contributed by atoms with Gasteiger partial charge in [0, 0.05) is 5.66 Å². The Morgan fingerprint density at radius 3 is 2.35 bits per heavy atom. The Hall–Kier alpha value is 0.0300. The Balaban J connectivity index is 2.00. The van der Waals surface area contributed by atoms with Crippen molar-refractivity contribution in [2.45, 2.75) is 30.8 Å². The van der Waals surface area contributed by atoms with Gasteiger partial charge in [-0.2, -0.15) is 0 Å². The lowest BCUT2D eigenvalue weighted by Gasteiger charge is -2.31. The van der Waals surface area contributed by atoms with Gasteiger partial charge in [0.2, 0.25) is 0 Å². The van der Waals surface area contributed by atoms with Gasteiger partial charge < -0.3 is 0 Å². The molecular formula is C13H15Cl2OP. The molecule has 2 saturated carbocycles. The molecule has 4 atom stereocenters. The van der Waals surface area contributed by atoms with E-state index in [1.807, 2.05) is 18.2 Å². The summed E-state index contributed by atoms with van der Waals surface area (Å²) in [7, 11) is 0. The van der Waals surface area contributed by atoms with Crippen molar-refractivity contribution in [1.29, 1.82) is 0 Å². The van der Waals surface area contributed by atoms with Gasteiger partial charge in [-0.25, -0.2) is 0 Å². The molecule has 0 unspecified atom stereocenters. The minimum atomic E-state index is -3.03. The van der Waals surface area contributed by atoms with E-state index in [4.69, 9.17) is 22.5 Å². The molecule has 0 spiro atoms. The number of hydrogen-bond donors (Lipinski definition) is 0. The van der Waals surface area contributed by atoms with Crippen molar-refractivity contribution >= 4 is 28.3 Å². The zero-order chi connectivity index (χ0) is 12.0. The Morgan fingerprint density at radius 1 is 1.06 bits per heavy atom. The highest BCUT2D eigenvalue weighted by Gasteiger charge is 2.54. The summed E-state index contributed by atoms with van der Waals surface area (Å²) in [5, 5.41) is 0. The fourth-order valence-corrected chi connectivity index (χ4v) is 7.07. The number of halogens is 2. The lowest BCUT2D eigenvalue weighted by molar-refractivity contribution is 0.419. The van der Waals surface area contributed by atoms with Crippen molar-refractivity contribution in [3.05, 3.63) is 35.9 Å². The van der Waals surface area contributed by atoms with Crippen LogP contribution in [0.5, 0.6) is 0 Å². The molecule has 2 fully saturated rings. The number of rotatable bonds is 2. The average Bonchev–Trinajstić information content (AvgIpc) is 2.88. The molecule has 1 nitrogen and oxygen atoms in total. The summed E-state index contributed by atoms with van der Waals surface area (Å²) >= 11 is 12.0. The number of hydrogen-bond acceptors (Lipinski definition) is 1. The summed E-state index contributed by atoms with van der Waals surface area (Å²) in [4.78, 5) is 0. The molecule has 2 aliphatic carbocycles. The maximum Gasteiger partial charge on any atom is 0.256 e. The minimum absolute atomic E-state index is 0.0213. The summed E-state index contributed by atoms with van der Waals surface area (Å²) in [6.07, 6.45) is 3.52. The van der Waals surface area contributed by atoms with Crippen LogP contribution in [0.2, 0.25) is 0 Å². The maximum absolute atomic E-state index is 12.1. The van der Waals surface area contributed by atoms with Crippen LogP contribution in [0.15, 0.2) is 30.3 Å². The normalized spacial score (nSPS) is 36.4. The van der Waals surface area contributed by atoms with Crippen molar-refractivity contribution in [2.75, 3.05) is 0 Å². The van der Waals surface area contributed by atoms with Crippen molar-refractivity contribution in [1.82, 2.24) is 0 Å². The second kappa shape index (κ2) is 4.30. The monoisotopic (exact) mass is 288 g/mol. The quantitative estimate of drug-likeness (QED) is 0.680. The van der Waals surface area contributed by atoms with Crippen molar-refractivity contribution < 1.29 is 4.57 Å². The van der Waals surface area contributed by atoms with Gasteiger partial charge in [0.05, 0.1) is 0 Å². The molecule has 4 heteroatoms. The SMILES string of the molecule is O=P(Cl)(Cl)[C@@H]1[C@H]2CC[C@H](C2)[C@H]1c1ccccc1. The Labute approximate surface area is 111 Å². The van der Waals surface area contributed by atoms with Crippen molar-refractivity contribution in [3.8, 4) is 0 Å². The summed E-state index contributed by atoms with van der Waals surface area (Å²) in [5.74, 6) is -1.64. The predicted octanol–water partition coefficient (Wildman–Crippen LogP) is 5.24. The van der Waals surface area contributed by atoms with E-state index in [1.165, 1.54) is 12.0 Å². The second-order valence-electron chi connectivity index (χ2n) is 5.26. The van der Waals surface area contributed by atoms with E-state index in [0.29, 0.717) is 17.8 Å². The molecule has 1 aromatic rings. The van der Waals surface area contributed by atoms with Crippen LogP contribution in [0.3, 0.4) is 0 Å². The Kier molecular flexibility index (Phi) is 3.05. The van der Waals surface area contributed by atoms with Crippen LogP contribution in [-0.4, -0.2) is 5.66 Å². The number of benzene rings is 1. The molecule has 0 N–H and O–H groups in total.